The highest BCUT2D eigenvalue weighted by atomic mass is 19.1. The van der Waals surface area contributed by atoms with E-state index in [4.69, 9.17) is 0 Å². The molecular weight excluding hydrogens is 196 g/mol. The molecule has 0 radical (unpaired) electrons. The van der Waals surface area contributed by atoms with Crippen molar-refractivity contribution in [2.24, 2.45) is 5.92 Å². The Hall–Kier alpha value is -0.960. The highest BCUT2D eigenvalue weighted by Gasteiger charge is 2.34. The monoisotopic (exact) mass is 211 g/mol. The van der Waals surface area contributed by atoms with Crippen molar-refractivity contribution in [3.05, 3.63) is 35.4 Å². The largest absolute Gasteiger partial charge is 0.310 e. The molecule has 3 heteroatoms. The van der Waals surface area contributed by atoms with E-state index in [1.165, 1.54) is 25.0 Å². The summed E-state index contributed by atoms with van der Waals surface area (Å²) in [6.45, 7) is 2.71. The van der Waals surface area contributed by atoms with Crippen LogP contribution in [0.3, 0.4) is 0 Å². The highest BCUT2D eigenvalue weighted by molar-refractivity contribution is 5.18. The Labute approximate surface area is 88.5 Å². The fourth-order valence-electron chi connectivity index (χ4n) is 1.91. The van der Waals surface area contributed by atoms with Crippen LogP contribution in [0.15, 0.2) is 18.2 Å². The SMILES string of the molecule is CCC1CC1NCc1cc(F)cc(F)c1. The van der Waals surface area contributed by atoms with Crippen LogP contribution in [0.2, 0.25) is 0 Å². The van der Waals surface area contributed by atoms with E-state index in [2.05, 4.69) is 12.2 Å². The van der Waals surface area contributed by atoms with Gasteiger partial charge in [-0.1, -0.05) is 13.3 Å². The third-order valence-corrected chi connectivity index (χ3v) is 2.94. The Morgan fingerprint density at radius 2 is 1.93 bits per heavy atom. The second kappa shape index (κ2) is 4.27. The molecule has 1 nitrogen and oxygen atoms in total. The van der Waals surface area contributed by atoms with Crippen molar-refractivity contribution in [3.63, 3.8) is 0 Å². The number of halogens is 2. The van der Waals surface area contributed by atoms with Crippen LogP contribution in [-0.4, -0.2) is 6.04 Å². The Balaban J connectivity index is 1.88. The molecule has 0 saturated heterocycles. The molecule has 1 aliphatic carbocycles. The lowest BCUT2D eigenvalue weighted by molar-refractivity contribution is 0.571. The van der Waals surface area contributed by atoms with Gasteiger partial charge in [0.25, 0.3) is 0 Å². The van der Waals surface area contributed by atoms with Gasteiger partial charge in [-0.25, -0.2) is 8.78 Å². The lowest BCUT2D eigenvalue weighted by atomic mass is 10.2. The Morgan fingerprint density at radius 1 is 1.27 bits per heavy atom. The maximum atomic E-state index is 12.8. The molecule has 0 spiro atoms. The van der Waals surface area contributed by atoms with E-state index in [0.29, 0.717) is 18.2 Å². The zero-order chi connectivity index (χ0) is 10.8. The van der Waals surface area contributed by atoms with Crippen LogP contribution in [0.25, 0.3) is 0 Å². The summed E-state index contributed by atoms with van der Waals surface area (Å²) in [4.78, 5) is 0. The zero-order valence-electron chi connectivity index (χ0n) is 8.76. The molecule has 0 bridgehead atoms. The Morgan fingerprint density at radius 3 is 2.47 bits per heavy atom. The van der Waals surface area contributed by atoms with Crippen LogP contribution in [0.5, 0.6) is 0 Å². The average Bonchev–Trinajstić information content (AvgIpc) is 2.91. The van der Waals surface area contributed by atoms with E-state index in [1.54, 1.807) is 0 Å². The molecule has 2 unspecified atom stereocenters. The zero-order valence-corrected chi connectivity index (χ0v) is 8.76. The van der Waals surface area contributed by atoms with Gasteiger partial charge in [0.05, 0.1) is 0 Å². The Bertz CT molecular complexity index is 331. The van der Waals surface area contributed by atoms with E-state index >= 15 is 0 Å². The van der Waals surface area contributed by atoms with Crippen molar-refractivity contribution >= 4 is 0 Å². The highest BCUT2D eigenvalue weighted by Crippen LogP contribution is 2.33. The van der Waals surface area contributed by atoms with Crippen molar-refractivity contribution in [3.8, 4) is 0 Å². The van der Waals surface area contributed by atoms with Gasteiger partial charge in [-0.05, 0) is 30.0 Å². The summed E-state index contributed by atoms with van der Waals surface area (Å²) < 4.78 is 25.7. The van der Waals surface area contributed by atoms with Crippen LogP contribution in [-0.2, 0) is 6.54 Å². The first kappa shape index (κ1) is 10.6. The van der Waals surface area contributed by atoms with Crippen molar-refractivity contribution in [1.82, 2.24) is 5.32 Å². The molecule has 0 aliphatic heterocycles. The van der Waals surface area contributed by atoms with Gasteiger partial charge in [-0.15, -0.1) is 0 Å². The molecule has 1 aromatic carbocycles. The molecule has 1 N–H and O–H groups in total. The van der Waals surface area contributed by atoms with Gasteiger partial charge >= 0.3 is 0 Å². The van der Waals surface area contributed by atoms with E-state index in [-0.39, 0.29) is 0 Å². The fourth-order valence-corrected chi connectivity index (χ4v) is 1.91. The lowest BCUT2D eigenvalue weighted by Gasteiger charge is -2.04. The first-order valence-corrected chi connectivity index (χ1v) is 5.37. The number of nitrogens with one attached hydrogen (secondary N) is 1. The van der Waals surface area contributed by atoms with Crippen molar-refractivity contribution in [2.45, 2.75) is 32.4 Å². The van der Waals surface area contributed by atoms with Gasteiger partial charge in [0.2, 0.25) is 0 Å². The van der Waals surface area contributed by atoms with Gasteiger partial charge < -0.3 is 5.32 Å². The van der Waals surface area contributed by atoms with E-state index < -0.39 is 11.6 Å². The molecule has 15 heavy (non-hydrogen) atoms. The summed E-state index contributed by atoms with van der Waals surface area (Å²) in [6.07, 6.45) is 2.36. The minimum absolute atomic E-state index is 0.505. The quantitative estimate of drug-likeness (QED) is 0.807. The van der Waals surface area contributed by atoms with Gasteiger partial charge in [0.1, 0.15) is 11.6 Å². The summed E-state index contributed by atoms with van der Waals surface area (Å²) >= 11 is 0. The second-order valence-electron chi connectivity index (χ2n) is 4.17. The van der Waals surface area contributed by atoms with Crippen molar-refractivity contribution < 1.29 is 8.78 Å². The summed E-state index contributed by atoms with van der Waals surface area (Å²) in [7, 11) is 0. The van der Waals surface area contributed by atoms with Gasteiger partial charge in [-0.3, -0.25) is 0 Å². The third kappa shape index (κ3) is 2.75. The van der Waals surface area contributed by atoms with Crippen LogP contribution in [0.1, 0.15) is 25.3 Å². The minimum atomic E-state index is -0.505. The summed E-state index contributed by atoms with van der Waals surface area (Å²) in [5, 5.41) is 3.30. The molecule has 2 rings (SSSR count). The lowest BCUT2D eigenvalue weighted by Crippen LogP contribution is -2.17. The third-order valence-electron chi connectivity index (χ3n) is 2.94. The predicted octanol–water partition coefficient (Wildman–Crippen LogP) is 2.85. The second-order valence-corrected chi connectivity index (χ2v) is 4.17. The first-order valence-electron chi connectivity index (χ1n) is 5.37. The number of rotatable bonds is 4. The maximum Gasteiger partial charge on any atom is 0.126 e. The van der Waals surface area contributed by atoms with Crippen LogP contribution in [0, 0.1) is 17.6 Å². The average molecular weight is 211 g/mol. The van der Waals surface area contributed by atoms with Crippen molar-refractivity contribution in [1.29, 1.82) is 0 Å². The number of hydrogen-bond acceptors (Lipinski definition) is 1. The molecule has 0 amide bonds. The van der Waals surface area contributed by atoms with Crippen LogP contribution in [0.4, 0.5) is 8.78 Å². The fraction of sp³-hybridized carbons (Fsp3) is 0.500. The topological polar surface area (TPSA) is 12.0 Å². The van der Waals surface area contributed by atoms with Gasteiger partial charge in [-0.2, -0.15) is 0 Å². The summed E-state index contributed by atoms with van der Waals surface area (Å²) in [5.41, 5.74) is 0.675. The first-order chi connectivity index (χ1) is 7.19. The molecule has 1 saturated carbocycles. The van der Waals surface area contributed by atoms with E-state index in [1.807, 2.05) is 0 Å². The summed E-state index contributed by atoms with van der Waals surface area (Å²) in [6, 6.07) is 4.19. The summed E-state index contributed by atoms with van der Waals surface area (Å²) in [5.74, 6) is -0.257. The van der Waals surface area contributed by atoms with Gasteiger partial charge in [0.15, 0.2) is 0 Å². The predicted molar refractivity (Wildman–Crippen MR) is 55.4 cm³/mol. The molecule has 0 aromatic heterocycles. The van der Waals surface area contributed by atoms with Crippen LogP contribution >= 0.6 is 0 Å². The normalized spacial score (nSPS) is 24.2. The van der Waals surface area contributed by atoms with Crippen LogP contribution < -0.4 is 5.32 Å². The molecule has 2 atom stereocenters. The van der Waals surface area contributed by atoms with Crippen molar-refractivity contribution in [2.75, 3.05) is 0 Å². The number of benzene rings is 1. The molecular formula is C12H15F2N. The van der Waals surface area contributed by atoms with Gasteiger partial charge in [0, 0.05) is 18.7 Å². The molecule has 1 fully saturated rings. The molecule has 82 valence electrons. The number of hydrogen-bond donors (Lipinski definition) is 1. The van der Waals surface area contributed by atoms with E-state index in [0.717, 1.165) is 12.0 Å². The Kier molecular flexibility index (Phi) is 3.00. The minimum Gasteiger partial charge on any atom is -0.310 e. The smallest absolute Gasteiger partial charge is 0.126 e. The maximum absolute atomic E-state index is 12.8. The van der Waals surface area contributed by atoms with E-state index in [9.17, 15) is 8.78 Å². The molecule has 1 aliphatic rings. The standard InChI is InChI=1S/C12H15F2N/c1-2-9-5-12(9)15-7-8-3-10(13)6-11(14)4-8/h3-4,6,9,12,15H,2,5,7H2,1H3. The molecule has 1 aromatic rings. The molecule has 0 heterocycles.